The van der Waals surface area contributed by atoms with Gasteiger partial charge in [0, 0.05) is 80.6 Å². The van der Waals surface area contributed by atoms with Gasteiger partial charge in [-0.15, -0.1) is 0 Å². The molecular weight excluding hydrogens is 868 g/mol. The first-order valence-corrected chi connectivity index (χ1v) is 23.2. The average molecular weight is 923 g/mol. The quantitative estimate of drug-likeness (QED) is 0.169. The van der Waals surface area contributed by atoms with Crippen LogP contribution in [-0.2, 0) is 19.1 Å². The minimum Gasteiger partial charge on any atom is -0.478 e. The average Bonchev–Trinajstić information content (AvgIpc) is 3.52. The molecule has 0 spiro atoms. The summed E-state index contributed by atoms with van der Waals surface area (Å²) in [5.41, 5.74) is 2.55. The van der Waals surface area contributed by atoms with Crippen molar-refractivity contribution in [3.63, 3.8) is 0 Å². The van der Waals surface area contributed by atoms with Crippen molar-refractivity contribution in [1.82, 2.24) is 35.0 Å². The van der Waals surface area contributed by atoms with E-state index in [0.717, 1.165) is 73.4 Å². The minimum absolute atomic E-state index is 0.0788. The highest BCUT2D eigenvalue weighted by Crippen LogP contribution is 2.37. The number of likely N-dealkylation sites (N-methyl/N-ethyl adjacent to an activating group) is 1. The normalized spacial score (nSPS) is 23.9. The number of amides is 5. The molecule has 348 valence electrons. The Labute approximate surface area is 386 Å². The molecule has 5 aliphatic rings. The van der Waals surface area contributed by atoms with Crippen LogP contribution in [0.15, 0.2) is 53.5 Å². The summed E-state index contributed by atoms with van der Waals surface area (Å²) in [4.78, 5) is 93.6. The highest BCUT2D eigenvalue weighted by Gasteiger charge is 2.46. The molecule has 0 bridgehead atoms. The van der Waals surface area contributed by atoms with Gasteiger partial charge < -0.3 is 34.5 Å². The molecule has 0 radical (unpaired) electrons. The number of rotatable bonds is 12. The van der Waals surface area contributed by atoms with E-state index in [1.54, 1.807) is 29.0 Å². The zero-order chi connectivity index (χ0) is 46.6. The number of hydrogen-bond acceptors (Lipinski definition) is 14. The van der Waals surface area contributed by atoms with Crippen LogP contribution in [0.2, 0.25) is 5.02 Å². The Bertz CT molecular complexity index is 2650. The lowest BCUT2D eigenvalue weighted by Gasteiger charge is -2.52. The number of nitrogens with one attached hydrogen (secondary N) is 3. The Hall–Kier alpha value is -6.11. The molecule has 1 unspecified atom stereocenters. The van der Waals surface area contributed by atoms with Crippen molar-refractivity contribution >= 4 is 75.2 Å². The van der Waals surface area contributed by atoms with Crippen molar-refractivity contribution in [3.05, 3.63) is 75.2 Å². The van der Waals surface area contributed by atoms with Gasteiger partial charge in [-0.05, 0) is 102 Å². The summed E-state index contributed by atoms with van der Waals surface area (Å²) in [6.07, 6.45) is 5.75. The maximum atomic E-state index is 13.5. The third-order valence-electron chi connectivity index (χ3n) is 13.5. The Morgan fingerprint density at radius 3 is 2.35 bits per heavy atom. The number of halogens is 1. The van der Waals surface area contributed by atoms with E-state index in [9.17, 15) is 28.8 Å². The van der Waals surface area contributed by atoms with Gasteiger partial charge in [-0.25, -0.2) is 4.98 Å². The molecule has 66 heavy (non-hydrogen) atoms. The van der Waals surface area contributed by atoms with Gasteiger partial charge in [0.1, 0.15) is 11.1 Å². The summed E-state index contributed by atoms with van der Waals surface area (Å²) < 4.78 is 13.9. The summed E-state index contributed by atoms with van der Waals surface area (Å²) in [6, 6.07) is 12.2. The van der Waals surface area contributed by atoms with Crippen LogP contribution in [0.4, 0.5) is 23.1 Å². The number of nitrogens with zero attached hydrogens (tertiary/aromatic N) is 7. The number of benzene rings is 2. The maximum absolute atomic E-state index is 13.5. The van der Waals surface area contributed by atoms with E-state index in [1.165, 1.54) is 7.05 Å². The summed E-state index contributed by atoms with van der Waals surface area (Å²) in [5, 5.41) is 9.19. The Kier molecular flexibility index (Phi) is 12.5. The number of fused-ring (bicyclic) bond motifs is 2. The first kappa shape index (κ1) is 45.1. The highest BCUT2D eigenvalue weighted by molar-refractivity contribution is 6.33. The van der Waals surface area contributed by atoms with Gasteiger partial charge in [0.15, 0.2) is 18.2 Å². The molecule has 4 fully saturated rings. The number of hydrogen-bond donors (Lipinski definition) is 3. The second-order valence-electron chi connectivity index (χ2n) is 18.3. The Morgan fingerprint density at radius 2 is 1.65 bits per heavy atom. The van der Waals surface area contributed by atoms with Gasteiger partial charge in [0.25, 0.3) is 23.3 Å². The monoisotopic (exact) mass is 922 g/mol. The number of piperazine rings is 1. The zero-order valence-electron chi connectivity index (χ0n) is 37.7. The molecular formula is C47H55ClN10O8. The molecule has 19 heteroatoms. The van der Waals surface area contributed by atoms with Crippen molar-refractivity contribution in [2.24, 2.45) is 0 Å². The fraction of sp³-hybridized carbons (Fsp3) is 0.489. The van der Waals surface area contributed by atoms with Gasteiger partial charge in [0.05, 0.1) is 35.0 Å². The van der Waals surface area contributed by atoms with Gasteiger partial charge in [-0.3, -0.25) is 43.9 Å². The van der Waals surface area contributed by atoms with Gasteiger partial charge in [0.2, 0.25) is 17.8 Å². The lowest BCUT2D eigenvalue weighted by atomic mass is 9.86. The predicted octanol–water partition coefficient (Wildman–Crippen LogP) is 4.41. The van der Waals surface area contributed by atoms with Crippen LogP contribution < -0.4 is 36.0 Å². The van der Waals surface area contributed by atoms with Crippen molar-refractivity contribution < 1.29 is 33.4 Å². The molecule has 9 rings (SSSR count). The topological polar surface area (TPSA) is 201 Å². The largest absolute Gasteiger partial charge is 0.478 e. The summed E-state index contributed by atoms with van der Waals surface area (Å²) in [7, 11) is 1.51. The standard InChI is InChI=1S/C47H55ClN10O8/c1-25(2)56-37-9-6-29(16-28(37)17-39(46(56)64)65-24-41(60)49-5)51-42-36(48)21-50-47(53-42)54-14-12-32(13-15-54)66-33-18-31(19-33)55-22-26(3)57(27(4)23-55)30-7-8-34-35(20-30)45(63)58(44(34)62)38-10-11-40(59)52-43(38)61/h6-9,16-17,20-21,25-27,31-33,38H,10-15,18-19,22-24H2,1-5H3,(H,49,60)(H,50,51,53)(H,52,59,61)/t26-,27-,31?,33?,38?/m1/s1. The molecule has 1 aliphatic carbocycles. The Morgan fingerprint density at radius 1 is 0.924 bits per heavy atom. The third kappa shape index (κ3) is 8.68. The lowest BCUT2D eigenvalue weighted by Crippen LogP contribution is -2.62. The number of carbonyl (C=O) groups excluding carboxylic acids is 5. The molecule has 4 aliphatic heterocycles. The first-order chi connectivity index (χ1) is 31.7. The molecule has 18 nitrogen and oxygen atoms in total. The van der Waals surface area contributed by atoms with Gasteiger partial charge >= 0.3 is 0 Å². The van der Waals surface area contributed by atoms with Crippen LogP contribution in [-0.4, -0.2) is 130 Å². The molecule has 2 aromatic carbocycles. The van der Waals surface area contributed by atoms with Gasteiger partial charge in [-0.2, -0.15) is 4.98 Å². The van der Waals surface area contributed by atoms with Crippen LogP contribution in [0.5, 0.6) is 5.75 Å². The molecule has 6 heterocycles. The van der Waals surface area contributed by atoms with E-state index >= 15 is 0 Å². The lowest BCUT2D eigenvalue weighted by molar-refractivity contribution is -0.136. The zero-order valence-corrected chi connectivity index (χ0v) is 38.5. The minimum atomic E-state index is -0.995. The molecule has 3 saturated heterocycles. The summed E-state index contributed by atoms with van der Waals surface area (Å²) in [5.74, 6) is -1.25. The van der Waals surface area contributed by atoms with Crippen molar-refractivity contribution in [1.29, 1.82) is 0 Å². The van der Waals surface area contributed by atoms with Crippen molar-refractivity contribution in [2.45, 2.75) is 109 Å². The van der Waals surface area contributed by atoms with Crippen LogP contribution in [0, 0.1) is 0 Å². The number of aromatic nitrogens is 3. The van der Waals surface area contributed by atoms with Crippen LogP contribution in [0.3, 0.4) is 0 Å². The van der Waals surface area contributed by atoms with E-state index in [1.807, 2.05) is 38.1 Å². The number of imide groups is 2. The van der Waals surface area contributed by atoms with E-state index in [0.29, 0.717) is 34.1 Å². The number of pyridine rings is 1. The third-order valence-corrected chi connectivity index (χ3v) is 13.8. The van der Waals surface area contributed by atoms with Crippen molar-refractivity contribution in [2.75, 3.05) is 55.0 Å². The highest BCUT2D eigenvalue weighted by atomic mass is 35.5. The molecule has 2 aromatic heterocycles. The van der Waals surface area contributed by atoms with E-state index in [4.69, 9.17) is 26.1 Å². The van der Waals surface area contributed by atoms with E-state index in [-0.39, 0.29) is 72.6 Å². The fourth-order valence-electron chi connectivity index (χ4n) is 10.2. The van der Waals surface area contributed by atoms with E-state index < -0.39 is 29.7 Å². The van der Waals surface area contributed by atoms with Crippen molar-refractivity contribution in [3.8, 4) is 5.75 Å². The second-order valence-corrected chi connectivity index (χ2v) is 18.7. The molecule has 5 amide bonds. The maximum Gasteiger partial charge on any atom is 0.293 e. The first-order valence-electron chi connectivity index (χ1n) is 22.8. The van der Waals surface area contributed by atoms with Crippen LogP contribution in [0.25, 0.3) is 10.9 Å². The number of carbonyl (C=O) groups is 5. The number of anilines is 4. The van der Waals surface area contributed by atoms with Crippen LogP contribution in [0.1, 0.15) is 93.0 Å². The SMILES string of the molecule is CNC(=O)COc1cc2cc(Nc3nc(N4CCC(OC5CC(N6C[C@@H](C)N(c7ccc8c(c7)C(=O)N(C7CCC(=O)NC7=O)C8=O)[C@H](C)C6)C5)CC4)ncc3Cl)ccc2n(C(C)C)c1=O. The number of piperidine rings is 2. The number of ether oxygens (including phenoxy) is 2. The summed E-state index contributed by atoms with van der Waals surface area (Å²) in [6.45, 7) is 11.1. The smallest absolute Gasteiger partial charge is 0.293 e. The molecule has 3 atom stereocenters. The second kappa shape index (κ2) is 18.3. The molecule has 4 aromatic rings. The fourth-order valence-corrected chi connectivity index (χ4v) is 10.3. The molecule has 3 N–H and O–H groups in total. The van der Waals surface area contributed by atoms with Gasteiger partial charge in [-0.1, -0.05) is 11.6 Å². The predicted molar refractivity (Wildman–Crippen MR) is 248 cm³/mol. The van der Waals surface area contributed by atoms with E-state index in [2.05, 4.69) is 49.5 Å². The molecule has 1 saturated carbocycles. The Balaban J connectivity index is 0.765. The van der Waals surface area contributed by atoms with Crippen LogP contribution >= 0.6 is 11.6 Å². The summed E-state index contributed by atoms with van der Waals surface area (Å²) >= 11 is 6.61.